The fraction of sp³-hybridized carbons (Fsp3) is 0. The number of carboxylic acid groups (broad SMARTS) is 1. The summed E-state index contributed by atoms with van der Waals surface area (Å²) in [5.41, 5.74) is 0. The van der Waals surface area contributed by atoms with E-state index in [0.717, 1.165) is 11.3 Å². The fourth-order valence-corrected chi connectivity index (χ4v) is 2.49. The Morgan fingerprint density at radius 2 is 2.21 bits per heavy atom. The zero-order chi connectivity index (χ0) is 10.3. The van der Waals surface area contributed by atoms with Crippen LogP contribution in [0.25, 0.3) is 10.1 Å². The van der Waals surface area contributed by atoms with E-state index in [4.69, 9.17) is 5.11 Å². The fourth-order valence-electron chi connectivity index (χ4n) is 1.21. The molecule has 0 aliphatic rings. The summed E-state index contributed by atoms with van der Waals surface area (Å²) in [6.45, 7) is 0. The molecular formula is C9H5FO2S2. The molecule has 2 rings (SSSR count). The normalized spacial score (nSPS) is 10.7. The van der Waals surface area contributed by atoms with Crippen LogP contribution in [0.3, 0.4) is 0 Å². The van der Waals surface area contributed by atoms with Crippen LogP contribution in [0.2, 0.25) is 0 Å². The van der Waals surface area contributed by atoms with Gasteiger partial charge in [-0.2, -0.15) is 0 Å². The summed E-state index contributed by atoms with van der Waals surface area (Å²) < 4.78 is 14.0. The first-order valence-electron chi connectivity index (χ1n) is 3.74. The first-order valence-corrected chi connectivity index (χ1v) is 5.01. The Morgan fingerprint density at radius 1 is 1.50 bits per heavy atom. The molecule has 0 spiro atoms. The largest absolute Gasteiger partial charge is 0.477 e. The molecule has 72 valence electrons. The molecule has 0 aliphatic carbocycles. The van der Waals surface area contributed by atoms with Crippen molar-refractivity contribution in [3.05, 3.63) is 28.9 Å². The van der Waals surface area contributed by atoms with Gasteiger partial charge in [0, 0.05) is 10.3 Å². The van der Waals surface area contributed by atoms with E-state index in [-0.39, 0.29) is 4.88 Å². The Kier molecular flexibility index (Phi) is 2.20. The maximum atomic E-state index is 13.5. The number of thiophene rings is 1. The minimum absolute atomic E-state index is 0.262. The molecule has 2 aromatic rings. The van der Waals surface area contributed by atoms with Gasteiger partial charge < -0.3 is 5.11 Å². The Bertz CT molecular complexity index is 519. The summed E-state index contributed by atoms with van der Waals surface area (Å²) in [6.07, 6.45) is 0. The highest BCUT2D eigenvalue weighted by molar-refractivity contribution is 7.80. The van der Waals surface area contributed by atoms with Crippen molar-refractivity contribution in [1.82, 2.24) is 0 Å². The molecule has 0 unspecified atom stereocenters. The summed E-state index contributed by atoms with van der Waals surface area (Å²) in [5, 5.41) is 9.02. The second kappa shape index (κ2) is 3.25. The van der Waals surface area contributed by atoms with Gasteiger partial charge in [0.1, 0.15) is 4.88 Å². The van der Waals surface area contributed by atoms with E-state index in [1.54, 1.807) is 18.2 Å². The Hall–Kier alpha value is -1.07. The molecule has 14 heavy (non-hydrogen) atoms. The molecule has 0 bridgehead atoms. The van der Waals surface area contributed by atoms with Gasteiger partial charge in [0.15, 0.2) is 5.82 Å². The predicted octanol–water partition coefficient (Wildman–Crippen LogP) is 3.03. The Balaban J connectivity index is 2.86. The molecule has 5 heteroatoms. The zero-order valence-corrected chi connectivity index (χ0v) is 8.53. The lowest BCUT2D eigenvalue weighted by molar-refractivity contribution is 0.0698. The molecule has 0 saturated carbocycles. The summed E-state index contributed by atoms with van der Waals surface area (Å²) in [7, 11) is 0. The summed E-state index contributed by atoms with van der Waals surface area (Å²) in [6, 6.07) is 4.90. The van der Waals surface area contributed by atoms with Crippen LogP contribution in [-0.2, 0) is 0 Å². The summed E-state index contributed by atoms with van der Waals surface area (Å²) in [4.78, 5) is 11.0. The number of thiol groups is 1. The molecule has 1 aromatic carbocycles. The predicted molar refractivity (Wildman–Crippen MR) is 56.0 cm³/mol. The van der Waals surface area contributed by atoms with E-state index in [0.29, 0.717) is 15.0 Å². The second-order valence-electron chi connectivity index (χ2n) is 2.70. The van der Waals surface area contributed by atoms with Gasteiger partial charge in [0.2, 0.25) is 0 Å². The number of benzene rings is 1. The molecule has 2 nitrogen and oxygen atoms in total. The monoisotopic (exact) mass is 228 g/mol. The standard InChI is InChI=1S/C9H5FO2S2/c10-6-4-2-1-3-5(13)7(4)14-8(6)9(11)12/h1-3,13H,(H,11,12). The van der Waals surface area contributed by atoms with Crippen molar-refractivity contribution >= 4 is 40.0 Å². The highest BCUT2D eigenvalue weighted by Gasteiger charge is 2.18. The molecule has 1 N–H and O–H groups in total. The zero-order valence-electron chi connectivity index (χ0n) is 6.82. The topological polar surface area (TPSA) is 37.3 Å². The van der Waals surface area contributed by atoms with Crippen molar-refractivity contribution in [2.45, 2.75) is 4.90 Å². The van der Waals surface area contributed by atoms with Crippen LogP contribution < -0.4 is 0 Å². The van der Waals surface area contributed by atoms with Gasteiger partial charge in [0.05, 0.1) is 4.70 Å². The van der Waals surface area contributed by atoms with Gasteiger partial charge in [-0.25, -0.2) is 9.18 Å². The second-order valence-corrected chi connectivity index (χ2v) is 4.21. The van der Waals surface area contributed by atoms with Crippen LogP contribution in [0.1, 0.15) is 9.67 Å². The third-order valence-electron chi connectivity index (χ3n) is 1.83. The number of rotatable bonds is 1. The molecule has 0 atom stereocenters. The molecule has 0 saturated heterocycles. The lowest BCUT2D eigenvalue weighted by Gasteiger charge is -1.91. The first-order chi connectivity index (χ1) is 6.61. The highest BCUT2D eigenvalue weighted by Crippen LogP contribution is 2.33. The molecule has 0 aliphatic heterocycles. The number of carbonyl (C=O) groups is 1. The molecule has 0 fully saturated rings. The number of carboxylic acids is 1. The maximum absolute atomic E-state index is 13.5. The first kappa shape index (κ1) is 9.48. The van der Waals surface area contributed by atoms with Crippen molar-refractivity contribution in [2.75, 3.05) is 0 Å². The molecule has 1 aromatic heterocycles. The van der Waals surface area contributed by atoms with Crippen molar-refractivity contribution in [3.63, 3.8) is 0 Å². The summed E-state index contributed by atoms with van der Waals surface area (Å²) >= 11 is 5.04. The van der Waals surface area contributed by atoms with Crippen molar-refractivity contribution in [3.8, 4) is 0 Å². The van der Waals surface area contributed by atoms with Gasteiger partial charge in [-0.1, -0.05) is 12.1 Å². The molecule has 1 heterocycles. The molecular weight excluding hydrogens is 223 g/mol. The van der Waals surface area contributed by atoms with E-state index < -0.39 is 11.8 Å². The van der Waals surface area contributed by atoms with E-state index in [1.165, 1.54) is 0 Å². The average Bonchev–Trinajstić information content (AvgIpc) is 2.46. The lowest BCUT2D eigenvalue weighted by atomic mass is 10.2. The van der Waals surface area contributed by atoms with E-state index in [9.17, 15) is 9.18 Å². The number of hydrogen-bond acceptors (Lipinski definition) is 3. The van der Waals surface area contributed by atoms with Crippen molar-refractivity contribution < 1.29 is 14.3 Å². The van der Waals surface area contributed by atoms with Gasteiger partial charge in [-0.15, -0.1) is 24.0 Å². The van der Waals surface area contributed by atoms with Crippen LogP contribution in [0.4, 0.5) is 4.39 Å². The third-order valence-corrected chi connectivity index (χ3v) is 3.55. The van der Waals surface area contributed by atoms with Crippen LogP contribution in [0.5, 0.6) is 0 Å². The van der Waals surface area contributed by atoms with Crippen molar-refractivity contribution in [1.29, 1.82) is 0 Å². The smallest absolute Gasteiger partial charge is 0.348 e. The molecule has 0 amide bonds. The number of aromatic carboxylic acids is 1. The van der Waals surface area contributed by atoms with Crippen LogP contribution in [0.15, 0.2) is 23.1 Å². The Morgan fingerprint density at radius 3 is 2.79 bits per heavy atom. The van der Waals surface area contributed by atoms with Gasteiger partial charge >= 0.3 is 5.97 Å². The number of halogens is 1. The number of fused-ring (bicyclic) bond motifs is 1. The van der Waals surface area contributed by atoms with Gasteiger partial charge in [-0.05, 0) is 6.07 Å². The third kappa shape index (κ3) is 1.29. The Labute approximate surface area is 88.4 Å². The average molecular weight is 228 g/mol. The van der Waals surface area contributed by atoms with Gasteiger partial charge in [-0.3, -0.25) is 0 Å². The number of hydrogen-bond donors (Lipinski definition) is 2. The van der Waals surface area contributed by atoms with Gasteiger partial charge in [0.25, 0.3) is 0 Å². The maximum Gasteiger partial charge on any atom is 0.348 e. The van der Waals surface area contributed by atoms with E-state index in [1.807, 2.05) is 0 Å². The minimum atomic E-state index is -1.24. The SMILES string of the molecule is O=C(O)c1sc2c(S)cccc2c1F. The van der Waals surface area contributed by atoms with Crippen LogP contribution in [0, 0.1) is 5.82 Å². The van der Waals surface area contributed by atoms with E-state index in [2.05, 4.69) is 12.6 Å². The van der Waals surface area contributed by atoms with Crippen LogP contribution in [-0.4, -0.2) is 11.1 Å². The minimum Gasteiger partial charge on any atom is -0.477 e. The van der Waals surface area contributed by atoms with Crippen LogP contribution >= 0.6 is 24.0 Å². The summed E-state index contributed by atoms with van der Waals surface area (Å²) in [5.74, 6) is -1.91. The molecule has 0 radical (unpaired) electrons. The highest BCUT2D eigenvalue weighted by atomic mass is 32.1. The lowest BCUT2D eigenvalue weighted by Crippen LogP contribution is -1.94. The van der Waals surface area contributed by atoms with Crippen molar-refractivity contribution in [2.24, 2.45) is 0 Å². The van der Waals surface area contributed by atoms with E-state index >= 15 is 0 Å². The quantitative estimate of drug-likeness (QED) is 0.736.